The molecule has 3 rings (SSSR count). The van der Waals surface area contributed by atoms with Gasteiger partial charge in [0.15, 0.2) is 0 Å². The van der Waals surface area contributed by atoms with Crippen molar-refractivity contribution in [3.8, 4) is 0 Å². The van der Waals surface area contributed by atoms with E-state index in [-0.39, 0.29) is 30.4 Å². The molecule has 176 valence electrons. The molecule has 0 spiro atoms. The number of carbonyl (C=O) groups is 2. The zero-order valence-corrected chi connectivity index (χ0v) is 18.3. The fourth-order valence-corrected chi connectivity index (χ4v) is 3.29. The van der Waals surface area contributed by atoms with E-state index in [0.717, 1.165) is 4.52 Å². The monoisotopic (exact) mass is 464 g/mol. The lowest BCUT2D eigenvalue weighted by Crippen LogP contribution is -2.28. The number of rotatable bonds is 8. The minimum atomic E-state index is -4.68. The molecule has 0 aliphatic heterocycles. The third-order valence-corrected chi connectivity index (χ3v) is 4.94. The summed E-state index contributed by atoms with van der Waals surface area (Å²) in [6, 6.07) is 6.58. The van der Waals surface area contributed by atoms with Crippen LogP contribution in [0.4, 0.5) is 18.9 Å². The van der Waals surface area contributed by atoms with Gasteiger partial charge in [-0.05, 0) is 38.0 Å². The van der Waals surface area contributed by atoms with Crippen LogP contribution in [0.3, 0.4) is 0 Å². The Bertz CT molecular complexity index is 1180. The molecular formula is C21H23F3N6O3. The lowest BCUT2D eigenvalue weighted by molar-refractivity contribution is -0.144. The van der Waals surface area contributed by atoms with Crippen LogP contribution in [0.5, 0.6) is 0 Å². The molecule has 9 nitrogen and oxygen atoms in total. The summed E-state index contributed by atoms with van der Waals surface area (Å²) in [6.45, 7) is 3.92. The van der Waals surface area contributed by atoms with E-state index >= 15 is 0 Å². The van der Waals surface area contributed by atoms with Crippen molar-refractivity contribution in [1.29, 1.82) is 0 Å². The van der Waals surface area contributed by atoms with Crippen LogP contribution < -0.4 is 10.6 Å². The smallest absolute Gasteiger partial charge is 0.383 e. The number of fused-ring (bicyclic) bond motifs is 1. The van der Waals surface area contributed by atoms with Crippen LogP contribution >= 0.6 is 0 Å². The molecule has 0 saturated heterocycles. The molecule has 2 aromatic heterocycles. The number of benzene rings is 1. The van der Waals surface area contributed by atoms with E-state index in [0.29, 0.717) is 41.4 Å². The van der Waals surface area contributed by atoms with Gasteiger partial charge >= 0.3 is 6.18 Å². The predicted octanol–water partition coefficient (Wildman–Crippen LogP) is 2.71. The maximum Gasteiger partial charge on any atom is 0.453 e. The number of methoxy groups -OCH3 is 1. The fourth-order valence-electron chi connectivity index (χ4n) is 3.29. The molecule has 33 heavy (non-hydrogen) atoms. The second-order valence-electron chi connectivity index (χ2n) is 7.25. The van der Waals surface area contributed by atoms with Gasteiger partial charge in [-0.1, -0.05) is 12.1 Å². The number of carbonyl (C=O) groups excluding carboxylic acids is 2. The number of nitrogens with one attached hydrogen (secondary N) is 2. The average molecular weight is 464 g/mol. The summed E-state index contributed by atoms with van der Waals surface area (Å²) in [5.41, 5.74) is 2.14. The highest BCUT2D eigenvalue weighted by molar-refractivity contribution is 6.03. The molecule has 0 atom stereocenters. The van der Waals surface area contributed by atoms with Crippen molar-refractivity contribution in [2.45, 2.75) is 32.9 Å². The van der Waals surface area contributed by atoms with Gasteiger partial charge in [0.1, 0.15) is 0 Å². The lowest BCUT2D eigenvalue weighted by Gasteiger charge is -2.13. The third-order valence-electron chi connectivity index (χ3n) is 4.94. The maximum absolute atomic E-state index is 12.9. The highest BCUT2D eigenvalue weighted by Gasteiger charge is 2.37. The number of alkyl halides is 3. The lowest BCUT2D eigenvalue weighted by atomic mass is 10.1. The first-order valence-corrected chi connectivity index (χ1v) is 10.1. The molecule has 0 unspecified atom stereocenters. The quantitative estimate of drug-likeness (QED) is 0.496. The van der Waals surface area contributed by atoms with Crippen LogP contribution in [0.25, 0.3) is 5.78 Å². The average Bonchev–Trinajstić information content (AvgIpc) is 3.19. The van der Waals surface area contributed by atoms with Crippen molar-refractivity contribution >= 4 is 23.3 Å². The summed E-state index contributed by atoms with van der Waals surface area (Å²) in [6.07, 6.45) is -4.44. The largest absolute Gasteiger partial charge is 0.453 e. The number of para-hydroxylation sites is 1. The number of hydrogen-bond acceptors (Lipinski definition) is 6. The Hall–Kier alpha value is -3.54. The molecule has 0 saturated carbocycles. The van der Waals surface area contributed by atoms with Gasteiger partial charge in [-0.2, -0.15) is 18.2 Å². The van der Waals surface area contributed by atoms with Crippen LogP contribution in [-0.4, -0.2) is 51.7 Å². The van der Waals surface area contributed by atoms with E-state index in [1.54, 1.807) is 38.1 Å². The van der Waals surface area contributed by atoms with E-state index < -0.39 is 12.0 Å². The van der Waals surface area contributed by atoms with Crippen LogP contribution in [0.2, 0.25) is 0 Å². The first-order valence-electron chi connectivity index (χ1n) is 10.1. The number of halogens is 3. The van der Waals surface area contributed by atoms with E-state index in [4.69, 9.17) is 4.74 Å². The SMILES string of the molecule is COCCNC(=O)c1ccccc1NC(=O)CCc1c(C)nc2nc(C(F)(F)F)nn2c1C. The van der Waals surface area contributed by atoms with Crippen LogP contribution in [0, 0.1) is 13.8 Å². The van der Waals surface area contributed by atoms with Crippen molar-refractivity contribution < 1.29 is 27.5 Å². The van der Waals surface area contributed by atoms with Gasteiger partial charge in [0.25, 0.3) is 17.5 Å². The Morgan fingerprint density at radius 1 is 1.15 bits per heavy atom. The highest BCUT2D eigenvalue weighted by atomic mass is 19.4. The summed E-state index contributed by atoms with van der Waals surface area (Å²) in [5.74, 6) is -2.14. The van der Waals surface area contributed by atoms with Crippen LogP contribution in [-0.2, 0) is 22.1 Å². The van der Waals surface area contributed by atoms with Crippen molar-refractivity contribution in [1.82, 2.24) is 24.9 Å². The molecule has 1 aromatic carbocycles. The number of anilines is 1. The molecule has 0 radical (unpaired) electrons. The Balaban J connectivity index is 1.72. The Morgan fingerprint density at radius 3 is 2.58 bits per heavy atom. The molecule has 0 aliphatic rings. The van der Waals surface area contributed by atoms with E-state index in [1.807, 2.05) is 0 Å². The van der Waals surface area contributed by atoms with Crippen molar-refractivity contribution in [3.63, 3.8) is 0 Å². The second kappa shape index (κ2) is 9.94. The number of amides is 2. The molecule has 2 N–H and O–H groups in total. The molecule has 0 fully saturated rings. The van der Waals surface area contributed by atoms with Crippen LogP contribution in [0.1, 0.15) is 39.6 Å². The molecule has 3 aromatic rings. The summed E-state index contributed by atoms with van der Waals surface area (Å²) in [5, 5.41) is 8.92. The number of hydrogen-bond donors (Lipinski definition) is 2. The van der Waals surface area contributed by atoms with Gasteiger partial charge in [0.2, 0.25) is 5.91 Å². The number of aromatic nitrogens is 4. The minimum absolute atomic E-state index is 0.0231. The van der Waals surface area contributed by atoms with Crippen molar-refractivity contribution in [3.05, 3.63) is 52.6 Å². The Morgan fingerprint density at radius 2 is 1.88 bits per heavy atom. The van der Waals surface area contributed by atoms with E-state index in [1.165, 1.54) is 7.11 Å². The summed E-state index contributed by atoms with van der Waals surface area (Å²) < 4.78 is 44.8. The van der Waals surface area contributed by atoms with Gasteiger partial charge in [0, 0.05) is 31.5 Å². The molecular weight excluding hydrogens is 441 g/mol. The summed E-state index contributed by atoms with van der Waals surface area (Å²) in [4.78, 5) is 32.5. The summed E-state index contributed by atoms with van der Waals surface area (Å²) >= 11 is 0. The zero-order valence-electron chi connectivity index (χ0n) is 18.3. The highest BCUT2D eigenvalue weighted by Crippen LogP contribution is 2.27. The number of aryl methyl sites for hydroxylation is 2. The number of nitrogens with zero attached hydrogens (tertiary/aromatic N) is 4. The van der Waals surface area contributed by atoms with E-state index in [2.05, 4.69) is 25.7 Å². The molecule has 12 heteroatoms. The molecule has 2 amide bonds. The second-order valence-corrected chi connectivity index (χ2v) is 7.25. The van der Waals surface area contributed by atoms with Gasteiger partial charge < -0.3 is 15.4 Å². The van der Waals surface area contributed by atoms with Crippen molar-refractivity contribution in [2.24, 2.45) is 0 Å². The molecule has 2 heterocycles. The van der Waals surface area contributed by atoms with E-state index in [9.17, 15) is 22.8 Å². The standard InChI is InChI=1S/C21H23F3N6O3/c1-12-14(13(2)30-20(26-12)28-19(29-30)21(22,23)24)8-9-17(31)27-16-7-5-4-6-15(16)18(32)25-10-11-33-3/h4-7H,8-11H2,1-3H3,(H,25,32)(H,27,31). The number of ether oxygens (including phenoxy) is 1. The fraction of sp³-hybridized carbons (Fsp3) is 0.381. The summed E-state index contributed by atoms with van der Waals surface area (Å²) in [7, 11) is 1.52. The normalized spacial score (nSPS) is 11.6. The zero-order chi connectivity index (χ0) is 24.2. The topological polar surface area (TPSA) is 111 Å². The van der Waals surface area contributed by atoms with Crippen LogP contribution in [0.15, 0.2) is 24.3 Å². The maximum atomic E-state index is 12.9. The first kappa shape index (κ1) is 24.1. The van der Waals surface area contributed by atoms with Crippen molar-refractivity contribution in [2.75, 3.05) is 25.6 Å². The van der Waals surface area contributed by atoms with Gasteiger partial charge in [-0.3, -0.25) is 9.59 Å². The predicted molar refractivity (Wildman–Crippen MR) is 113 cm³/mol. The van der Waals surface area contributed by atoms with Gasteiger partial charge in [-0.15, -0.1) is 5.10 Å². The molecule has 0 bridgehead atoms. The minimum Gasteiger partial charge on any atom is -0.383 e. The Kier molecular flexibility index (Phi) is 7.26. The first-order chi connectivity index (χ1) is 15.6. The Labute approximate surface area is 187 Å². The van der Waals surface area contributed by atoms with Gasteiger partial charge in [-0.25, -0.2) is 9.50 Å². The molecule has 0 aliphatic carbocycles. The third kappa shape index (κ3) is 5.64. The van der Waals surface area contributed by atoms with Gasteiger partial charge in [0.05, 0.1) is 17.9 Å².